The molecule has 0 amide bonds. The van der Waals surface area contributed by atoms with Crippen LogP contribution < -0.4 is 14.8 Å². The van der Waals surface area contributed by atoms with Crippen LogP contribution in [0.4, 0.5) is 0 Å². The zero-order valence-corrected chi connectivity index (χ0v) is 20.0. The summed E-state index contributed by atoms with van der Waals surface area (Å²) in [6.45, 7) is 4.84. The lowest BCUT2D eigenvalue weighted by Crippen LogP contribution is -2.35. The fourth-order valence-corrected chi connectivity index (χ4v) is 3.78. The molecule has 0 saturated heterocycles. The first-order valence-corrected chi connectivity index (χ1v) is 11.0. The lowest BCUT2D eigenvalue weighted by molar-refractivity contribution is 0.105. The van der Waals surface area contributed by atoms with Gasteiger partial charge < -0.3 is 24.5 Å². The molecule has 1 unspecified atom stereocenters. The zero-order chi connectivity index (χ0) is 22.5. The average molecular weight is 467 g/mol. The molecular weight excluding hydrogens is 436 g/mol. The summed E-state index contributed by atoms with van der Waals surface area (Å²) in [6.07, 6.45) is -0.579. The van der Waals surface area contributed by atoms with Crippen molar-refractivity contribution in [2.75, 3.05) is 20.3 Å². The van der Waals surface area contributed by atoms with Crippen LogP contribution in [0.2, 0.25) is 0 Å². The minimum absolute atomic E-state index is 0. The van der Waals surface area contributed by atoms with Gasteiger partial charge in [-0.3, -0.25) is 0 Å². The number of halogens is 1. The van der Waals surface area contributed by atoms with E-state index in [-0.39, 0.29) is 19.0 Å². The van der Waals surface area contributed by atoms with Gasteiger partial charge in [0.2, 0.25) is 0 Å². The van der Waals surface area contributed by atoms with E-state index in [1.54, 1.807) is 7.11 Å². The van der Waals surface area contributed by atoms with Crippen LogP contribution in [0.5, 0.6) is 11.5 Å². The van der Waals surface area contributed by atoms with Gasteiger partial charge in [-0.2, -0.15) is 0 Å². The smallest absolute Gasteiger partial charge is 0.128 e. The molecule has 3 aromatic carbocycles. The minimum Gasteiger partial charge on any atom is -0.497 e. The highest BCUT2D eigenvalue weighted by Crippen LogP contribution is 2.36. The van der Waals surface area contributed by atoms with Gasteiger partial charge in [0.25, 0.3) is 0 Å². The Hall–Kier alpha value is -2.99. The van der Waals surface area contributed by atoms with Crippen LogP contribution >= 0.6 is 12.4 Å². The number of aromatic nitrogens is 1. The summed E-state index contributed by atoms with van der Waals surface area (Å²) in [5.74, 6) is 1.58. The molecule has 174 valence electrons. The molecule has 0 spiro atoms. The number of hydrogen-bond acceptors (Lipinski definition) is 4. The van der Waals surface area contributed by atoms with Crippen molar-refractivity contribution >= 4 is 23.3 Å². The van der Waals surface area contributed by atoms with E-state index < -0.39 is 6.10 Å². The SMILES string of the molecule is COc1ccc(-c2cc3c(OCC(O)CNC(C)C)cccc3n2-c2ccccc2)cc1.Cl. The fraction of sp³-hybridized carbons (Fsp3) is 0.259. The maximum atomic E-state index is 10.3. The third kappa shape index (κ3) is 5.69. The Morgan fingerprint density at radius 1 is 0.939 bits per heavy atom. The van der Waals surface area contributed by atoms with Gasteiger partial charge in [-0.05, 0) is 60.2 Å². The average Bonchev–Trinajstić information content (AvgIpc) is 3.22. The maximum absolute atomic E-state index is 10.3. The van der Waals surface area contributed by atoms with E-state index in [4.69, 9.17) is 9.47 Å². The summed E-state index contributed by atoms with van der Waals surface area (Å²) in [7, 11) is 1.67. The monoisotopic (exact) mass is 466 g/mol. The Morgan fingerprint density at radius 2 is 1.67 bits per heavy atom. The molecule has 33 heavy (non-hydrogen) atoms. The number of aliphatic hydroxyl groups is 1. The number of aliphatic hydroxyl groups excluding tert-OH is 1. The van der Waals surface area contributed by atoms with E-state index in [1.807, 2.05) is 42.5 Å². The van der Waals surface area contributed by atoms with E-state index >= 15 is 0 Å². The van der Waals surface area contributed by atoms with E-state index in [9.17, 15) is 5.11 Å². The highest BCUT2D eigenvalue weighted by molar-refractivity contribution is 5.93. The molecule has 0 fully saturated rings. The van der Waals surface area contributed by atoms with Crippen LogP contribution in [0.3, 0.4) is 0 Å². The van der Waals surface area contributed by atoms with Crippen LogP contribution in [0, 0.1) is 0 Å². The van der Waals surface area contributed by atoms with E-state index in [0.717, 1.165) is 39.3 Å². The third-order valence-corrected chi connectivity index (χ3v) is 5.40. The van der Waals surface area contributed by atoms with E-state index in [2.05, 4.69) is 60.1 Å². The lowest BCUT2D eigenvalue weighted by Gasteiger charge is -2.15. The number of hydrogen-bond donors (Lipinski definition) is 2. The molecule has 5 nitrogen and oxygen atoms in total. The first-order valence-electron chi connectivity index (χ1n) is 11.0. The molecule has 2 N–H and O–H groups in total. The van der Waals surface area contributed by atoms with Gasteiger partial charge in [0.1, 0.15) is 24.2 Å². The second-order valence-electron chi connectivity index (χ2n) is 8.15. The largest absolute Gasteiger partial charge is 0.497 e. The second-order valence-corrected chi connectivity index (χ2v) is 8.15. The molecule has 1 aromatic heterocycles. The van der Waals surface area contributed by atoms with Crippen molar-refractivity contribution in [3.63, 3.8) is 0 Å². The number of nitrogens with zero attached hydrogens (tertiary/aromatic N) is 1. The molecule has 1 atom stereocenters. The van der Waals surface area contributed by atoms with Crippen LogP contribution in [0.1, 0.15) is 13.8 Å². The van der Waals surface area contributed by atoms with Gasteiger partial charge in [-0.1, -0.05) is 38.1 Å². The highest BCUT2D eigenvalue weighted by Gasteiger charge is 2.16. The van der Waals surface area contributed by atoms with Crippen molar-refractivity contribution in [3.8, 4) is 28.4 Å². The molecule has 0 aliphatic rings. The summed E-state index contributed by atoms with van der Waals surface area (Å²) in [5.41, 5.74) is 4.27. The molecule has 1 heterocycles. The minimum atomic E-state index is -0.579. The molecule has 6 heteroatoms. The second kappa shape index (κ2) is 11.2. The van der Waals surface area contributed by atoms with Gasteiger partial charge >= 0.3 is 0 Å². The van der Waals surface area contributed by atoms with Gasteiger partial charge in [0.05, 0.1) is 18.3 Å². The Kier molecular flexibility index (Phi) is 8.39. The van der Waals surface area contributed by atoms with E-state index in [1.165, 1.54) is 0 Å². The Bertz CT molecular complexity index is 1160. The molecule has 0 saturated carbocycles. The topological polar surface area (TPSA) is 55.6 Å². The summed E-state index contributed by atoms with van der Waals surface area (Å²) in [6, 6.07) is 26.9. The first kappa shape index (κ1) is 24.6. The zero-order valence-electron chi connectivity index (χ0n) is 19.2. The Labute approximate surface area is 201 Å². The van der Waals surface area contributed by atoms with Crippen molar-refractivity contribution < 1.29 is 14.6 Å². The predicted molar refractivity (Wildman–Crippen MR) is 137 cm³/mol. The third-order valence-electron chi connectivity index (χ3n) is 5.40. The number of rotatable bonds is 9. The number of ether oxygens (including phenoxy) is 2. The van der Waals surface area contributed by atoms with E-state index in [0.29, 0.717) is 12.6 Å². The van der Waals surface area contributed by atoms with Gasteiger partial charge in [-0.25, -0.2) is 0 Å². The van der Waals surface area contributed by atoms with Crippen LogP contribution in [-0.2, 0) is 0 Å². The Morgan fingerprint density at radius 3 is 2.33 bits per heavy atom. The number of para-hydroxylation sites is 1. The summed E-state index contributed by atoms with van der Waals surface area (Å²) in [4.78, 5) is 0. The van der Waals surface area contributed by atoms with Crippen molar-refractivity contribution in [1.29, 1.82) is 0 Å². The number of nitrogens with one attached hydrogen (secondary N) is 1. The van der Waals surface area contributed by atoms with Gasteiger partial charge in [-0.15, -0.1) is 12.4 Å². The molecule has 0 bridgehead atoms. The maximum Gasteiger partial charge on any atom is 0.128 e. The summed E-state index contributed by atoms with van der Waals surface area (Å²) in [5, 5.41) is 14.5. The number of methoxy groups -OCH3 is 1. The summed E-state index contributed by atoms with van der Waals surface area (Å²) >= 11 is 0. The van der Waals surface area contributed by atoms with Gasteiger partial charge in [0.15, 0.2) is 0 Å². The van der Waals surface area contributed by atoms with Crippen LogP contribution in [-0.4, -0.2) is 42.1 Å². The van der Waals surface area contributed by atoms with Crippen molar-refractivity contribution in [2.24, 2.45) is 0 Å². The lowest BCUT2D eigenvalue weighted by atomic mass is 10.1. The predicted octanol–water partition coefficient (Wildman–Crippen LogP) is 5.47. The van der Waals surface area contributed by atoms with Crippen molar-refractivity contribution in [1.82, 2.24) is 9.88 Å². The molecule has 0 aliphatic heterocycles. The fourth-order valence-electron chi connectivity index (χ4n) is 3.78. The van der Waals surface area contributed by atoms with Crippen molar-refractivity contribution in [3.05, 3.63) is 78.9 Å². The normalized spacial score (nSPS) is 11.9. The number of benzene rings is 3. The quantitative estimate of drug-likeness (QED) is 0.343. The molecule has 4 aromatic rings. The molecule has 0 radical (unpaired) electrons. The highest BCUT2D eigenvalue weighted by atomic mass is 35.5. The molecular formula is C27H31ClN2O3. The standard InChI is InChI=1S/C27H30N2O3.ClH/c1-19(2)28-17-22(30)18-32-27-11-7-10-25-24(27)16-26(20-12-14-23(31-3)15-13-20)29(25)21-8-5-4-6-9-21;/h4-16,19,22,28,30H,17-18H2,1-3H3;1H. The van der Waals surface area contributed by atoms with Crippen LogP contribution in [0.15, 0.2) is 78.9 Å². The van der Waals surface area contributed by atoms with Crippen LogP contribution in [0.25, 0.3) is 27.8 Å². The molecule has 4 rings (SSSR count). The first-order chi connectivity index (χ1) is 15.6. The molecule has 0 aliphatic carbocycles. The van der Waals surface area contributed by atoms with Gasteiger partial charge in [0, 0.05) is 23.7 Å². The Balaban J connectivity index is 0.00000306. The van der Waals surface area contributed by atoms with Crippen molar-refractivity contribution in [2.45, 2.75) is 26.0 Å². The summed E-state index contributed by atoms with van der Waals surface area (Å²) < 4.78 is 13.6. The number of fused-ring (bicyclic) bond motifs is 1.